The number of aromatic nitrogens is 2. The van der Waals surface area contributed by atoms with E-state index < -0.39 is 17.1 Å². The highest BCUT2D eigenvalue weighted by Gasteiger charge is 2.24. The van der Waals surface area contributed by atoms with Crippen LogP contribution in [0.3, 0.4) is 0 Å². The highest BCUT2D eigenvalue weighted by molar-refractivity contribution is 5.89. The fourth-order valence-electron chi connectivity index (χ4n) is 4.72. The van der Waals surface area contributed by atoms with Gasteiger partial charge in [-0.2, -0.15) is 0 Å². The summed E-state index contributed by atoms with van der Waals surface area (Å²) in [5, 5.41) is 0.177. The molecule has 0 bridgehead atoms. The molecule has 12 heteroatoms. The molecule has 12 nitrogen and oxygen atoms in total. The van der Waals surface area contributed by atoms with Crippen molar-refractivity contribution in [1.82, 2.24) is 9.97 Å². The maximum absolute atomic E-state index is 14.0. The van der Waals surface area contributed by atoms with E-state index >= 15 is 0 Å². The number of aromatic amines is 1. The van der Waals surface area contributed by atoms with E-state index in [2.05, 4.69) is 9.97 Å². The molecule has 3 aromatic carbocycles. The minimum absolute atomic E-state index is 0.0405. The van der Waals surface area contributed by atoms with Gasteiger partial charge in [-0.3, -0.25) is 9.59 Å². The van der Waals surface area contributed by atoms with E-state index in [0.717, 1.165) is 0 Å². The Bertz CT molecular complexity index is 1910. The van der Waals surface area contributed by atoms with Crippen LogP contribution >= 0.6 is 0 Å². The van der Waals surface area contributed by atoms with Gasteiger partial charge in [0.25, 0.3) is 5.88 Å². The molecule has 0 saturated heterocycles. The average molecular weight is 605 g/mol. The molecule has 0 aliphatic carbocycles. The second kappa shape index (κ2) is 12.9. The highest BCUT2D eigenvalue weighted by atomic mass is 16.5. The standard InChI is InChI=1S/C32H32N2O10/c1-17(43-32-31(36)33-20-9-7-8-10-21(20)34-32)11-12-42-30-27(35)26-22(38-3)15-19(37-2)16-23(26)44-28(30)18-13-24(39-4)29(41-6)25(14-18)40-5/h7-10,13-17H,11-12H2,1-6H3,(H,33,36). The maximum Gasteiger partial charge on any atom is 0.311 e. The van der Waals surface area contributed by atoms with Crippen LogP contribution in [0.25, 0.3) is 33.3 Å². The molecule has 5 aromatic rings. The average Bonchev–Trinajstić information content (AvgIpc) is 3.04. The number of hydrogen-bond acceptors (Lipinski definition) is 11. The van der Waals surface area contributed by atoms with Crippen LogP contribution in [0, 0.1) is 0 Å². The number of para-hydroxylation sites is 2. The number of nitrogens with zero attached hydrogens (tertiary/aromatic N) is 1. The van der Waals surface area contributed by atoms with Gasteiger partial charge in [0.1, 0.15) is 28.6 Å². The lowest BCUT2D eigenvalue weighted by atomic mass is 10.1. The van der Waals surface area contributed by atoms with Crippen LogP contribution in [0.4, 0.5) is 0 Å². The van der Waals surface area contributed by atoms with E-state index in [-0.39, 0.29) is 40.7 Å². The molecular formula is C32H32N2O10. The molecule has 2 heterocycles. The molecule has 0 radical (unpaired) electrons. The van der Waals surface area contributed by atoms with Crippen molar-refractivity contribution >= 4 is 22.0 Å². The smallest absolute Gasteiger partial charge is 0.311 e. The van der Waals surface area contributed by atoms with E-state index in [1.165, 1.54) is 35.5 Å². The highest BCUT2D eigenvalue weighted by Crippen LogP contribution is 2.44. The summed E-state index contributed by atoms with van der Waals surface area (Å²) in [6.07, 6.45) is -0.180. The van der Waals surface area contributed by atoms with Gasteiger partial charge in [0.15, 0.2) is 17.3 Å². The molecule has 0 amide bonds. The molecule has 0 aliphatic heterocycles. The predicted molar refractivity (Wildman–Crippen MR) is 163 cm³/mol. The molecule has 2 aromatic heterocycles. The van der Waals surface area contributed by atoms with Crippen LogP contribution in [0.5, 0.6) is 40.4 Å². The van der Waals surface area contributed by atoms with Crippen LogP contribution < -0.4 is 44.1 Å². The Labute approximate surface area is 252 Å². The minimum Gasteiger partial charge on any atom is -0.496 e. The van der Waals surface area contributed by atoms with Crippen LogP contribution in [0.15, 0.2) is 62.5 Å². The molecule has 1 atom stereocenters. The van der Waals surface area contributed by atoms with E-state index in [4.69, 9.17) is 37.6 Å². The number of ether oxygens (including phenoxy) is 7. The first-order chi connectivity index (χ1) is 21.3. The first-order valence-electron chi connectivity index (χ1n) is 13.6. The van der Waals surface area contributed by atoms with Gasteiger partial charge in [-0.25, -0.2) is 4.98 Å². The third-order valence-corrected chi connectivity index (χ3v) is 6.93. The minimum atomic E-state index is -0.485. The normalized spacial score (nSPS) is 11.7. The Morgan fingerprint density at radius 1 is 0.841 bits per heavy atom. The van der Waals surface area contributed by atoms with Crippen molar-refractivity contribution in [1.29, 1.82) is 0 Å². The Morgan fingerprint density at radius 2 is 1.55 bits per heavy atom. The summed E-state index contributed by atoms with van der Waals surface area (Å²) in [6, 6.07) is 13.7. The van der Waals surface area contributed by atoms with Crippen molar-refractivity contribution < 1.29 is 37.6 Å². The molecular weight excluding hydrogens is 572 g/mol. The third kappa shape index (κ3) is 5.78. The van der Waals surface area contributed by atoms with Crippen LogP contribution in [0.1, 0.15) is 13.3 Å². The van der Waals surface area contributed by atoms with Crippen LogP contribution in [0.2, 0.25) is 0 Å². The van der Waals surface area contributed by atoms with Gasteiger partial charge in [0.2, 0.25) is 16.9 Å². The SMILES string of the molecule is COc1cc(OC)c2c(=O)c(OCCC(C)Oc3nc4ccccc4[nH]c3=O)c(-c3cc(OC)c(OC)c(OC)c3)oc2c1. The first kappa shape index (κ1) is 30.1. The summed E-state index contributed by atoms with van der Waals surface area (Å²) >= 11 is 0. The zero-order valence-corrected chi connectivity index (χ0v) is 25.1. The number of fused-ring (bicyclic) bond motifs is 2. The number of H-pyrrole nitrogens is 1. The molecule has 0 spiro atoms. The molecule has 0 saturated carbocycles. The second-order valence-electron chi connectivity index (χ2n) is 9.66. The number of methoxy groups -OCH3 is 5. The van der Waals surface area contributed by atoms with Crippen molar-refractivity contribution in [2.24, 2.45) is 0 Å². The predicted octanol–water partition coefficient (Wildman–Crippen LogP) is 4.98. The summed E-state index contributed by atoms with van der Waals surface area (Å²) in [6.45, 7) is 1.82. The number of benzene rings is 3. The maximum atomic E-state index is 14.0. The van der Waals surface area contributed by atoms with Gasteiger partial charge < -0.3 is 42.6 Å². The van der Waals surface area contributed by atoms with E-state index in [0.29, 0.717) is 46.0 Å². The Balaban J connectivity index is 1.52. The number of nitrogens with one attached hydrogen (secondary N) is 1. The lowest BCUT2D eigenvalue weighted by Gasteiger charge is -2.18. The molecule has 44 heavy (non-hydrogen) atoms. The lowest BCUT2D eigenvalue weighted by molar-refractivity contribution is 0.168. The molecule has 0 aliphatic rings. The summed E-state index contributed by atoms with van der Waals surface area (Å²) in [7, 11) is 7.42. The molecule has 1 N–H and O–H groups in total. The van der Waals surface area contributed by atoms with Crippen molar-refractivity contribution in [3.63, 3.8) is 0 Å². The van der Waals surface area contributed by atoms with Gasteiger partial charge in [-0.15, -0.1) is 0 Å². The molecule has 5 rings (SSSR count). The number of rotatable bonds is 12. The lowest BCUT2D eigenvalue weighted by Crippen LogP contribution is -2.22. The van der Waals surface area contributed by atoms with Crippen LogP contribution in [-0.2, 0) is 0 Å². The summed E-state index contributed by atoms with van der Waals surface area (Å²) in [5.41, 5.74) is 0.956. The van der Waals surface area contributed by atoms with Crippen molar-refractivity contribution in [3.05, 3.63) is 69.1 Å². The Kier molecular flexibility index (Phi) is 8.79. The van der Waals surface area contributed by atoms with Crippen molar-refractivity contribution in [2.75, 3.05) is 42.2 Å². The summed E-state index contributed by atoms with van der Waals surface area (Å²) in [4.78, 5) is 33.6. The van der Waals surface area contributed by atoms with Gasteiger partial charge in [0, 0.05) is 24.1 Å². The topological polar surface area (TPSA) is 141 Å². The Hall–Kier alpha value is -5.39. The summed E-state index contributed by atoms with van der Waals surface area (Å²) in [5.74, 6) is 1.78. The van der Waals surface area contributed by atoms with Gasteiger partial charge >= 0.3 is 5.56 Å². The quantitative estimate of drug-likeness (QED) is 0.206. The Morgan fingerprint density at radius 3 is 2.20 bits per heavy atom. The molecule has 1 unspecified atom stereocenters. The zero-order chi connectivity index (χ0) is 31.4. The van der Waals surface area contributed by atoms with Crippen molar-refractivity contribution in [2.45, 2.75) is 19.4 Å². The monoisotopic (exact) mass is 604 g/mol. The fourth-order valence-corrected chi connectivity index (χ4v) is 4.72. The number of hydrogen-bond donors (Lipinski definition) is 1. The zero-order valence-electron chi connectivity index (χ0n) is 25.1. The third-order valence-electron chi connectivity index (χ3n) is 6.93. The molecule has 0 fully saturated rings. The first-order valence-corrected chi connectivity index (χ1v) is 13.6. The summed E-state index contributed by atoms with van der Waals surface area (Å²) < 4.78 is 45.6. The van der Waals surface area contributed by atoms with Crippen molar-refractivity contribution in [3.8, 4) is 51.7 Å². The fraction of sp³-hybridized carbons (Fsp3) is 0.281. The van der Waals surface area contributed by atoms with E-state index in [1.807, 2.05) is 12.1 Å². The van der Waals surface area contributed by atoms with E-state index in [9.17, 15) is 9.59 Å². The van der Waals surface area contributed by atoms with Gasteiger partial charge in [-0.1, -0.05) is 12.1 Å². The van der Waals surface area contributed by atoms with Gasteiger partial charge in [0.05, 0.1) is 53.2 Å². The second-order valence-corrected chi connectivity index (χ2v) is 9.66. The largest absolute Gasteiger partial charge is 0.496 e. The molecule has 230 valence electrons. The van der Waals surface area contributed by atoms with Crippen LogP contribution in [-0.4, -0.2) is 58.2 Å². The van der Waals surface area contributed by atoms with E-state index in [1.54, 1.807) is 43.3 Å². The van der Waals surface area contributed by atoms with Gasteiger partial charge in [-0.05, 0) is 31.2 Å².